The molecule has 1 fully saturated rings. The molecule has 0 aromatic carbocycles. The molecule has 0 radical (unpaired) electrons. The van der Waals surface area contributed by atoms with E-state index in [0.717, 1.165) is 13.0 Å². The number of nitrogens with one attached hydrogen (secondary N) is 1. The van der Waals surface area contributed by atoms with Crippen LogP contribution in [0.5, 0.6) is 5.75 Å². The first-order valence-electron chi connectivity index (χ1n) is 7.57. The second kappa shape index (κ2) is 7.04. The van der Waals surface area contributed by atoms with Crippen molar-refractivity contribution < 1.29 is 14.3 Å². The van der Waals surface area contributed by atoms with E-state index in [1.54, 1.807) is 18.0 Å². The third kappa shape index (κ3) is 3.27. The minimum Gasteiger partial charge on any atom is -0.493 e. The van der Waals surface area contributed by atoms with Crippen molar-refractivity contribution in [1.82, 2.24) is 15.1 Å². The summed E-state index contributed by atoms with van der Waals surface area (Å²) in [4.78, 5) is 12.9. The fourth-order valence-electron chi connectivity index (χ4n) is 2.64. The Morgan fingerprint density at radius 2 is 2.33 bits per heavy atom. The second-order valence-corrected chi connectivity index (χ2v) is 5.67. The maximum atomic E-state index is 12.9. The number of aromatic nitrogens is 2. The predicted molar refractivity (Wildman–Crippen MR) is 79.9 cm³/mol. The minimum atomic E-state index is -0.181. The number of nitrogens with zero attached hydrogens (tertiary/aromatic N) is 2. The van der Waals surface area contributed by atoms with E-state index in [-0.39, 0.29) is 23.8 Å². The van der Waals surface area contributed by atoms with Gasteiger partial charge in [-0.15, -0.1) is 0 Å². The van der Waals surface area contributed by atoms with Crippen molar-refractivity contribution >= 4 is 5.78 Å². The topological polar surface area (TPSA) is 65.4 Å². The summed E-state index contributed by atoms with van der Waals surface area (Å²) in [6.45, 7) is 8.03. The largest absolute Gasteiger partial charge is 0.493 e. The van der Waals surface area contributed by atoms with Gasteiger partial charge in [-0.25, -0.2) is 0 Å². The highest BCUT2D eigenvalue weighted by atomic mass is 16.5. The van der Waals surface area contributed by atoms with Crippen LogP contribution in [0.15, 0.2) is 6.20 Å². The van der Waals surface area contributed by atoms with Gasteiger partial charge < -0.3 is 14.8 Å². The van der Waals surface area contributed by atoms with Gasteiger partial charge in [-0.2, -0.15) is 5.10 Å². The molecular weight excluding hydrogens is 270 g/mol. The van der Waals surface area contributed by atoms with Gasteiger partial charge in [0.15, 0.2) is 11.5 Å². The Labute approximate surface area is 125 Å². The van der Waals surface area contributed by atoms with Crippen LogP contribution in [-0.2, 0) is 4.74 Å². The lowest BCUT2D eigenvalue weighted by Gasteiger charge is -2.19. The monoisotopic (exact) mass is 295 g/mol. The number of methoxy groups -OCH3 is 1. The smallest absolute Gasteiger partial charge is 0.191 e. The van der Waals surface area contributed by atoms with Crippen LogP contribution in [0.4, 0.5) is 0 Å². The molecule has 2 heterocycles. The van der Waals surface area contributed by atoms with Gasteiger partial charge in [0.05, 0.1) is 32.4 Å². The van der Waals surface area contributed by atoms with Crippen molar-refractivity contribution in [2.24, 2.45) is 5.92 Å². The molecule has 1 aromatic rings. The van der Waals surface area contributed by atoms with Gasteiger partial charge in [-0.05, 0) is 26.8 Å². The van der Waals surface area contributed by atoms with Crippen LogP contribution < -0.4 is 10.1 Å². The molecule has 6 nitrogen and oxygen atoms in total. The standard InChI is InChI=1S/C15H25N3O3/c1-5-6-16-12-9-21-8-11(12)15(19)14-13(20-4)7-17-18(14)10(2)3/h7,10-12,16H,5-6,8-9H2,1-4H3. The molecule has 2 rings (SSSR count). The van der Waals surface area contributed by atoms with Crippen molar-refractivity contribution in [2.45, 2.75) is 39.3 Å². The van der Waals surface area contributed by atoms with Crippen LogP contribution in [0.2, 0.25) is 0 Å². The van der Waals surface area contributed by atoms with E-state index < -0.39 is 0 Å². The fraction of sp³-hybridized carbons (Fsp3) is 0.733. The third-order valence-corrected chi connectivity index (χ3v) is 3.78. The molecule has 1 N–H and O–H groups in total. The number of ether oxygens (including phenoxy) is 2. The zero-order chi connectivity index (χ0) is 15.4. The van der Waals surface area contributed by atoms with Gasteiger partial charge in [-0.3, -0.25) is 9.48 Å². The highest BCUT2D eigenvalue weighted by molar-refractivity contribution is 5.99. The molecule has 0 bridgehead atoms. The Hall–Kier alpha value is -1.40. The number of hydrogen-bond acceptors (Lipinski definition) is 5. The third-order valence-electron chi connectivity index (χ3n) is 3.78. The molecule has 0 aliphatic carbocycles. The first-order chi connectivity index (χ1) is 10.1. The van der Waals surface area contributed by atoms with Gasteiger partial charge in [0.2, 0.25) is 0 Å². The Bertz CT molecular complexity index is 485. The van der Waals surface area contributed by atoms with Gasteiger partial charge in [0.25, 0.3) is 0 Å². The molecule has 1 saturated heterocycles. The summed E-state index contributed by atoms with van der Waals surface area (Å²) < 4.78 is 12.5. The Kier molecular flexibility index (Phi) is 5.36. The van der Waals surface area contributed by atoms with Crippen LogP contribution in [-0.4, -0.2) is 48.5 Å². The zero-order valence-electron chi connectivity index (χ0n) is 13.3. The predicted octanol–water partition coefficient (Wildman–Crippen LogP) is 1.67. The molecule has 0 saturated carbocycles. The maximum absolute atomic E-state index is 12.9. The number of rotatable bonds is 7. The van der Waals surface area contributed by atoms with Crippen LogP contribution in [0, 0.1) is 5.92 Å². The quantitative estimate of drug-likeness (QED) is 0.775. The maximum Gasteiger partial charge on any atom is 0.191 e. The summed E-state index contributed by atoms with van der Waals surface area (Å²) in [7, 11) is 1.57. The Morgan fingerprint density at radius 3 is 2.95 bits per heavy atom. The van der Waals surface area contributed by atoms with E-state index in [1.165, 1.54) is 0 Å². The van der Waals surface area contributed by atoms with Crippen LogP contribution in [0.3, 0.4) is 0 Å². The Morgan fingerprint density at radius 1 is 1.57 bits per heavy atom. The van der Waals surface area contributed by atoms with Crippen molar-refractivity contribution in [3.8, 4) is 5.75 Å². The first kappa shape index (κ1) is 16.0. The van der Waals surface area contributed by atoms with Crippen molar-refractivity contribution in [3.63, 3.8) is 0 Å². The highest BCUT2D eigenvalue weighted by Gasteiger charge is 2.37. The van der Waals surface area contributed by atoms with Crippen LogP contribution in [0.25, 0.3) is 0 Å². The molecule has 6 heteroatoms. The average Bonchev–Trinajstić information content (AvgIpc) is 3.10. The minimum absolute atomic E-state index is 0.0455. The molecule has 21 heavy (non-hydrogen) atoms. The van der Waals surface area contributed by atoms with Crippen molar-refractivity contribution in [3.05, 3.63) is 11.9 Å². The SMILES string of the molecule is CCCNC1COCC1C(=O)c1c(OC)cnn1C(C)C. The first-order valence-corrected chi connectivity index (χ1v) is 7.57. The summed E-state index contributed by atoms with van der Waals surface area (Å²) in [5.74, 6) is 0.402. The van der Waals surface area contributed by atoms with E-state index in [0.29, 0.717) is 24.7 Å². The van der Waals surface area contributed by atoms with E-state index >= 15 is 0 Å². The van der Waals surface area contributed by atoms with E-state index in [4.69, 9.17) is 9.47 Å². The number of ketones is 1. The van der Waals surface area contributed by atoms with E-state index in [2.05, 4.69) is 17.3 Å². The van der Waals surface area contributed by atoms with Crippen LogP contribution in [0.1, 0.15) is 43.7 Å². The van der Waals surface area contributed by atoms with Crippen LogP contribution >= 0.6 is 0 Å². The fourth-order valence-corrected chi connectivity index (χ4v) is 2.64. The molecule has 118 valence electrons. The van der Waals surface area contributed by atoms with Gasteiger partial charge >= 0.3 is 0 Å². The molecule has 1 aromatic heterocycles. The lowest BCUT2D eigenvalue weighted by Crippen LogP contribution is -2.40. The number of carbonyl (C=O) groups excluding carboxylic acids is 1. The normalized spacial score (nSPS) is 22.0. The summed E-state index contributed by atoms with van der Waals surface area (Å²) in [6, 6.07) is 0.176. The van der Waals surface area contributed by atoms with Crippen molar-refractivity contribution in [1.29, 1.82) is 0 Å². The average molecular weight is 295 g/mol. The van der Waals surface area contributed by atoms with Crippen molar-refractivity contribution in [2.75, 3.05) is 26.9 Å². The number of carbonyl (C=O) groups is 1. The van der Waals surface area contributed by atoms with Gasteiger partial charge in [0, 0.05) is 12.1 Å². The summed E-state index contributed by atoms with van der Waals surface area (Å²) in [6.07, 6.45) is 2.64. The lowest BCUT2D eigenvalue weighted by atomic mass is 9.95. The van der Waals surface area contributed by atoms with E-state index in [9.17, 15) is 4.79 Å². The zero-order valence-corrected chi connectivity index (χ0v) is 13.3. The summed E-state index contributed by atoms with van der Waals surface area (Å²) in [5.41, 5.74) is 0.547. The number of Topliss-reactive ketones (excluding diaryl/α,β-unsaturated/α-hetero) is 1. The molecular formula is C15H25N3O3. The highest BCUT2D eigenvalue weighted by Crippen LogP contribution is 2.27. The summed E-state index contributed by atoms with van der Waals surface area (Å²) in [5, 5.41) is 7.67. The molecule has 0 spiro atoms. The molecule has 0 amide bonds. The number of hydrogen-bond donors (Lipinski definition) is 1. The van der Waals surface area contributed by atoms with Gasteiger partial charge in [0.1, 0.15) is 5.69 Å². The molecule has 2 atom stereocenters. The Balaban J connectivity index is 2.24. The molecule has 1 aliphatic rings. The lowest BCUT2D eigenvalue weighted by molar-refractivity contribution is 0.0875. The van der Waals surface area contributed by atoms with E-state index in [1.807, 2.05) is 13.8 Å². The second-order valence-electron chi connectivity index (χ2n) is 5.67. The summed E-state index contributed by atoms with van der Waals surface area (Å²) >= 11 is 0. The van der Waals surface area contributed by atoms with Gasteiger partial charge in [-0.1, -0.05) is 6.92 Å². The molecule has 2 unspecified atom stereocenters. The molecule has 1 aliphatic heterocycles.